The van der Waals surface area contributed by atoms with Crippen molar-refractivity contribution in [2.75, 3.05) is 5.73 Å². The molecule has 2 N–H and O–H groups in total. The van der Waals surface area contributed by atoms with Crippen molar-refractivity contribution in [1.82, 2.24) is 24.5 Å². The molecule has 0 aliphatic heterocycles. The van der Waals surface area contributed by atoms with Crippen LogP contribution in [0.2, 0.25) is 5.15 Å². The SMILES string of the molecule is CCc1nc(N)c2nc(Br)n(Cc3ccnc(Cl)c3)c2n1. The van der Waals surface area contributed by atoms with Gasteiger partial charge in [-0.2, -0.15) is 0 Å². The molecule has 0 saturated carbocycles. The second kappa shape index (κ2) is 5.57. The zero-order chi connectivity index (χ0) is 15.0. The van der Waals surface area contributed by atoms with E-state index in [1.807, 2.05) is 23.6 Å². The highest BCUT2D eigenvalue weighted by molar-refractivity contribution is 9.10. The minimum atomic E-state index is 0.393. The molecule has 108 valence electrons. The maximum atomic E-state index is 5.95. The lowest BCUT2D eigenvalue weighted by atomic mass is 10.3. The van der Waals surface area contributed by atoms with Crippen LogP contribution in [-0.4, -0.2) is 24.5 Å². The van der Waals surface area contributed by atoms with Crippen molar-refractivity contribution in [3.63, 3.8) is 0 Å². The molecule has 0 bridgehead atoms. The number of imidazole rings is 1. The molecule has 3 aromatic rings. The van der Waals surface area contributed by atoms with Crippen LogP contribution in [0.15, 0.2) is 23.1 Å². The number of pyridine rings is 1. The molecule has 0 aliphatic carbocycles. The van der Waals surface area contributed by atoms with Crippen molar-refractivity contribution in [1.29, 1.82) is 0 Å². The van der Waals surface area contributed by atoms with Crippen molar-refractivity contribution in [3.05, 3.63) is 39.6 Å². The zero-order valence-electron chi connectivity index (χ0n) is 11.2. The number of rotatable bonds is 3. The van der Waals surface area contributed by atoms with Crippen molar-refractivity contribution >= 4 is 44.5 Å². The highest BCUT2D eigenvalue weighted by atomic mass is 79.9. The maximum Gasteiger partial charge on any atom is 0.179 e. The number of aryl methyl sites for hydroxylation is 1. The van der Waals surface area contributed by atoms with E-state index in [0.29, 0.717) is 45.7 Å². The lowest BCUT2D eigenvalue weighted by molar-refractivity contribution is 0.784. The molecule has 0 saturated heterocycles. The first-order valence-corrected chi connectivity index (χ1v) is 7.54. The van der Waals surface area contributed by atoms with E-state index in [2.05, 4.69) is 35.9 Å². The molecule has 0 fully saturated rings. The Morgan fingerprint density at radius 2 is 2.14 bits per heavy atom. The normalized spacial score (nSPS) is 11.2. The minimum absolute atomic E-state index is 0.393. The van der Waals surface area contributed by atoms with E-state index >= 15 is 0 Å². The topological polar surface area (TPSA) is 82.5 Å². The fourth-order valence-electron chi connectivity index (χ4n) is 2.06. The van der Waals surface area contributed by atoms with Gasteiger partial charge in [-0.25, -0.2) is 19.9 Å². The number of halogens is 2. The molecule has 8 heteroatoms. The zero-order valence-corrected chi connectivity index (χ0v) is 13.6. The first-order chi connectivity index (χ1) is 10.1. The van der Waals surface area contributed by atoms with Crippen LogP contribution in [0.4, 0.5) is 5.82 Å². The second-order valence-corrected chi connectivity index (χ2v) is 5.60. The van der Waals surface area contributed by atoms with E-state index in [-0.39, 0.29) is 0 Å². The fraction of sp³-hybridized carbons (Fsp3) is 0.231. The van der Waals surface area contributed by atoms with Gasteiger partial charge in [0.25, 0.3) is 0 Å². The third-order valence-electron chi connectivity index (χ3n) is 3.07. The van der Waals surface area contributed by atoms with Crippen LogP contribution in [0.5, 0.6) is 0 Å². The summed E-state index contributed by atoms with van der Waals surface area (Å²) in [4.78, 5) is 17.1. The summed E-state index contributed by atoms with van der Waals surface area (Å²) in [7, 11) is 0. The molecule has 0 radical (unpaired) electrons. The van der Waals surface area contributed by atoms with E-state index in [9.17, 15) is 0 Å². The Hall–Kier alpha value is -1.73. The molecule has 0 amide bonds. The molecule has 3 aromatic heterocycles. The van der Waals surface area contributed by atoms with Crippen LogP contribution in [0.25, 0.3) is 11.2 Å². The monoisotopic (exact) mass is 366 g/mol. The number of nitrogens with two attached hydrogens (primary N) is 1. The van der Waals surface area contributed by atoms with Crippen LogP contribution < -0.4 is 5.73 Å². The van der Waals surface area contributed by atoms with E-state index in [1.165, 1.54) is 0 Å². The number of fused-ring (bicyclic) bond motifs is 1. The summed E-state index contributed by atoms with van der Waals surface area (Å²) in [6.45, 7) is 2.55. The third-order valence-corrected chi connectivity index (χ3v) is 3.88. The standard InChI is InChI=1S/C13H12BrClN6/c1-2-9-18-11(16)10-12(19-9)21(13(14)20-10)6-7-3-4-17-8(15)5-7/h3-5H,2,6H2,1H3,(H2,16,18,19). The van der Waals surface area contributed by atoms with Gasteiger partial charge >= 0.3 is 0 Å². The lowest BCUT2D eigenvalue weighted by Gasteiger charge is -2.06. The van der Waals surface area contributed by atoms with Gasteiger partial charge < -0.3 is 5.73 Å². The van der Waals surface area contributed by atoms with Crippen LogP contribution in [-0.2, 0) is 13.0 Å². The van der Waals surface area contributed by atoms with Gasteiger partial charge in [0.05, 0.1) is 6.54 Å². The number of aromatic nitrogens is 5. The molecule has 3 heterocycles. The molecule has 0 aromatic carbocycles. The molecule has 0 aliphatic rings. The van der Waals surface area contributed by atoms with Gasteiger partial charge in [0.1, 0.15) is 11.0 Å². The van der Waals surface area contributed by atoms with Crippen molar-refractivity contribution in [2.45, 2.75) is 19.9 Å². The minimum Gasteiger partial charge on any atom is -0.382 e. The Bertz CT molecular complexity index is 816. The van der Waals surface area contributed by atoms with Crippen LogP contribution >= 0.6 is 27.5 Å². The number of hydrogen-bond acceptors (Lipinski definition) is 5. The average molecular weight is 368 g/mol. The average Bonchev–Trinajstić information content (AvgIpc) is 2.76. The summed E-state index contributed by atoms with van der Waals surface area (Å²) in [5.41, 5.74) is 8.26. The molecule has 0 spiro atoms. The highest BCUT2D eigenvalue weighted by Gasteiger charge is 2.15. The van der Waals surface area contributed by atoms with Crippen molar-refractivity contribution < 1.29 is 0 Å². The van der Waals surface area contributed by atoms with Gasteiger partial charge in [-0.3, -0.25) is 4.57 Å². The molecular weight excluding hydrogens is 356 g/mol. The molecule has 0 atom stereocenters. The molecule has 6 nitrogen and oxygen atoms in total. The molecular formula is C13H12BrClN6. The number of nitrogens with zero attached hydrogens (tertiary/aromatic N) is 5. The number of anilines is 1. The van der Waals surface area contributed by atoms with E-state index in [0.717, 1.165) is 5.56 Å². The predicted molar refractivity (Wildman–Crippen MR) is 85.2 cm³/mol. The van der Waals surface area contributed by atoms with Crippen molar-refractivity contribution in [2.24, 2.45) is 0 Å². The number of hydrogen-bond donors (Lipinski definition) is 1. The summed E-state index contributed by atoms with van der Waals surface area (Å²) in [5.74, 6) is 1.09. The number of nitrogen functional groups attached to an aromatic ring is 1. The predicted octanol–water partition coefficient (Wildman–Crippen LogP) is 2.83. The second-order valence-electron chi connectivity index (χ2n) is 4.50. The third kappa shape index (κ3) is 2.71. The summed E-state index contributed by atoms with van der Waals surface area (Å²) in [6.07, 6.45) is 2.38. The van der Waals surface area contributed by atoms with Gasteiger partial charge in [-0.1, -0.05) is 18.5 Å². The maximum absolute atomic E-state index is 5.95. The molecule has 21 heavy (non-hydrogen) atoms. The quantitative estimate of drug-likeness (QED) is 0.568. The Kier molecular flexibility index (Phi) is 3.77. The first-order valence-electron chi connectivity index (χ1n) is 6.37. The van der Waals surface area contributed by atoms with E-state index in [1.54, 1.807) is 6.20 Å². The molecule has 0 unspecified atom stereocenters. The first kappa shape index (κ1) is 14.2. The summed E-state index contributed by atoms with van der Waals surface area (Å²) in [6, 6.07) is 3.71. The smallest absolute Gasteiger partial charge is 0.179 e. The van der Waals surface area contributed by atoms with Gasteiger partial charge in [0.2, 0.25) is 0 Å². The van der Waals surface area contributed by atoms with E-state index < -0.39 is 0 Å². The highest BCUT2D eigenvalue weighted by Crippen LogP contribution is 2.24. The van der Waals surface area contributed by atoms with Crippen molar-refractivity contribution in [3.8, 4) is 0 Å². The Morgan fingerprint density at radius 1 is 1.33 bits per heavy atom. The van der Waals surface area contributed by atoms with Crippen LogP contribution in [0.1, 0.15) is 18.3 Å². The van der Waals surface area contributed by atoms with Crippen LogP contribution in [0.3, 0.4) is 0 Å². The van der Waals surface area contributed by atoms with Crippen LogP contribution in [0, 0.1) is 0 Å². The van der Waals surface area contributed by atoms with Gasteiger partial charge in [-0.05, 0) is 33.6 Å². The Balaban J connectivity index is 2.13. The van der Waals surface area contributed by atoms with E-state index in [4.69, 9.17) is 17.3 Å². The summed E-state index contributed by atoms with van der Waals surface area (Å²) in [5, 5.41) is 0.455. The summed E-state index contributed by atoms with van der Waals surface area (Å²) < 4.78 is 2.58. The fourth-order valence-corrected chi connectivity index (χ4v) is 2.73. The Morgan fingerprint density at radius 3 is 2.86 bits per heavy atom. The van der Waals surface area contributed by atoms with Gasteiger partial charge in [0, 0.05) is 12.6 Å². The summed E-state index contributed by atoms with van der Waals surface area (Å²) >= 11 is 9.37. The lowest BCUT2D eigenvalue weighted by Crippen LogP contribution is -2.05. The van der Waals surface area contributed by atoms with Gasteiger partial charge in [-0.15, -0.1) is 0 Å². The molecule has 3 rings (SSSR count). The Labute approximate surface area is 134 Å². The largest absolute Gasteiger partial charge is 0.382 e. The van der Waals surface area contributed by atoms with Gasteiger partial charge in [0.15, 0.2) is 21.7 Å².